The van der Waals surface area contributed by atoms with Gasteiger partial charge >= 0.3 is 29.6 Å². The maximum Gasteiger partial charge on any atom is 1.00 e. The Morgan fingerprint density at radius 3 is 2.55 bits per heavy atom. The number of carbonyl (C=O) groups excluding carboxylic acids is 1. The van der Waals surface area contributed by atoms with E-state index in [2.05, 4.69) is 11.3 Å². The standard InChI is InChI=1S/C6H10O4.Na/c1-5(6(8)9)4-10-3-2-7;/h7H,1-4H2,(H,8,9);/q;+1/p-1. The molecule has 0 aromatic rings. The van der Waals surface area contributed by atoms with E-state index >= 15 is 0 Å². The number of aliphatic carboxylic acids is 1. The third kappa shape index (κ3) is 8.03. The molecule has 0 aliphatic heterocycles. The van der Waals surface area contributed by atoms with Gasteiger partial charge in [0.2, 0.25) is 0 Å². The molecule has 0 aromatic carbocycles. The van der Waals surface area contributed by atoms with Gasteiger partial charge in [-0.3, -0.25) is 0 Å². The van der Waals surface area contributed by atoms with E-state index in [0.717, 1.165) is 0 Å². The summed E-state index contributed by atoms with van der Waals surface area (Å²) in [6.45, 7) is 3.06. The predicted molar refractivity (Wildman–Crippen MR) is 32.1 cm³/mol. The predicted octanol–water partition coefficient (Wildman–Crippen LogP) is -4.69. The molecule has 4 nitrogen and oxygen atoms in total. The van der Waals surface area contributed by atoms with Crippen molar-refractivity contribution in [3.8, 4) is 0 Å². The molecular formula is C6H9NaO4. The van der Waals surface area contributed by atoms with Crippen molar-refractivity contribution in [2.75, 3.05) is 19.8 Å². The summed E-state index contributed by atoms with van der Waals surface area (Å²) in [7, 11) is 0. The average Bonchev–Trinajstić information content (AvgIpc) is 1.88. The molecule has 11 heavy (non-hydrogen) atoms. The summed E-state index contributed by atoms with van der Waals surface area (Å²) < 4.78 is 4.64. The first-order valence-corrected chi connectivity index (χ1v) is 2.76. The maximum atomic E-state index is 9.94. The normalized spacial score (nSPS) is 8.45. The Kier molecular flexibility index (Phi) is 10.2. The third-order valence-corrected chi connectivity index (χ3v) is 0.801. The largest absolute Gasteiger partial charge is 1.00 e. The molecule has 0 saturated carbocycles. The van der Waals surface area contributed by atoms with E-state index in [-0.39, 0.29) is 55.0 Å². The number of hydrogen-bond acceptors (Lipinski definition) is 4. The Bertz CT molecular complexity index is 135. The monoisotopic (exact) mass is 168 g/mol. The summed E-state index contributed by atoms with van der Waals surface area (Å²) in [4.78, 5) is 9.94. The Balaban J connectivity index is 0. The summed E-state index contributed by atoms with van der Waals surface area (Å²) in [6, 6.07) is 0. The van der Waals surface area contributed by atoms with Crippen molar-refractivity contribution in [1.82, 2.24) is 0 Å². The van der Waals surface area contributed by atoms with Crippen molar-refractivity contribution in [1.29, 1.82) is 0 Å². The van der Waals surface area contributed by atoms with Crippen molar-refractivity contribution < 1.29 is 49.3 Å². The molecule has 0 radical (unpaired) electrons. The smallest absolute Gasteiger partial charge is 0.545 e. The molecule has 1 N–H and O–H groups in total. The van der Waals surface area contributed by atoms with E-state index in [0.29, 0.717) is 0 Å². The number of carboxylic acids is 1. The van der Waals surface area contributed by atoms with Crippen LogP contribution in [0.2, 0.25) is 0 Å². The molecule has 0 bridgehead atoms. The van der Waals surface area contributed by atoms with Gasteiger partial charge in [0.25, 0.3) is 0 Å². The van der Waals surface area contributed by atoms with Crippen LogP contribution in [0, 0.1) is 0 Å². The molecule has 0 aliphatic carbocycles. The van der Waals surface area contributed by atoms with Gasteiger partial charge < -0.3 is 19.7 Å². The van der Waals surface area contributed by atoms with Gasteiger partial charge in [0.1, 0.15) is 0 Å². The van der Waals surface area contributed by atoms with Crippen molar-refractivity contribution >= 4 is 5.97 Å². The molecule has 58 valence electrons. The van der Waals surface area contributed by atoms with Gasteiger partial charge in [-0.1, -0.05) is 6.58 Å². The van der Waals surface area contributed by atoms with Crippen molar-refractivity contribution in [2.24, 2.45) is 0 Å². The van der Waals surface area contributed by atoms with Crippen LogP contribution in [0.15, 0.2) is 12.2 Å². The van der Waals surface area contributed by atoms with E-state index in [1.807, 2.05) is 0 Å². The van der Waals surface area contributed by atoms with Gasteiger partial charge in [-0.15, -0.1) is 0 Å². The Hall–Kier alpha value is 0.130. The SMILES string of the molecule is C=C(COCCO)C(=O)[O-].[Na+]. The fourth-order valence-corrected chi connectivity index (χ4v) is 0.319. The molecule has 5 heteroatoms. The first kappa shape index (κ1) is 13.7. The van der Waals surface area contributed by atoms with Crippen LogP contribution in [-0.4, -0.2) is 30.9 Å². The first-order valence-electron chi connectivity index (χ1n) is 2.76. The Morgan fingerprint density at radius 1 is 1.64 bits per heavy atom. The van der Waals surface area contributed by atoms with Crippen molar-refractivity contribution in [3.63, 3.8) is 0 Å². The second-order valence-corrected chi connectivity index (χ2v) is 1.67. The fourth-order valence-electron chi connectivity index (χ4n) is 0.319. The number of carboxylic acid groups (broad SMARTS) is 1. The molecule has 0 amide bonds. The number of carbonyl (C=O) groups is 1. The van der Waals surface area contributed by atoms with E-state index < -0.39 is 5.97 Å². The van der Waals surface area contributed by atoms with Gasteiger partial charge in [-0.05, 0) is 5.57 Å². The molecular weight excluding hydrogens is 159 g/mol. The molecule has 0 unspecified atom stereocenters. The van der Waals surface area contributed by atoms with Crippen molar-refractivity contribution in [3.05, 3.63) is 12.2 Å². The number of ether oxygens (including phenoxy) is 1. The summed E-state index contributed by atoms with van der Waals surface area (Å²) >= 11 is 0. The van der Waals surface area contributed by atoms with Gasteiger partial charge in [-0.25, -0.2) is 0 Å². The van der Waals surface area contributed by atoms with Crippen molar-refractivity contribution in [2.45, 2.75) is 0 Å². The zero-order valence-electron chi connectivity index (χ0n) is 6.50. The number of hydrogen-bond donors (Lipinski definition) is 1. The average molecular weight is 168 g/mol. The summed E-state index contributed by atoms with van der Waals surface area (Å²) in [6.07, 6.45) is 0. The number of aliphatic hydroxyl groups excluding tert-OH is 1. The van der Waals surface area contributed by atoms with Crippen LogP contribution in [0.1, 0.15) is 0 Å². The van der Waals surface area contributed by atoms with E-state index in [1.54, 1.807) is 0 Å². The molecule has 0 fully saturated rings. The minimum Gasteiger partial charge on any atom is -0.545 e. The van der Waals surface area contributed by atoms with Crippen LogP contribution in [0.5, 0.6) is 0 Å². The first-order chi connectivity index (χ1) is 4.68. The zero-order valence-corrected chi connectivity index (χ0v) is 8.50. The van der Waals surface area contributed by atoms with E-state index in [9.17, 15) is 9.90 Å². The van der Waals surface area contributed by atoms with Gasteiger partial charge in [0, 0.05) is 0 Å². The molecule has 0 aliphatic rings. The Labute approximate surface area is 87.2 Å². The Morgan fingerprint density at radius 2 is 2.18 bits per heavy atom. The minimum absolute atomic E-state index is 0. The molecule has 0 spiro atoms. The van der Waals surface area contributed by atoms with Gasteiger partial charge in [0.15, 0.2) is 0 Å². The number of rotatable bonds is 5. The molecule has 0 rings (SSSR count). The van der Waals surface area contributed by atoms with Gasteiger partial charge in [-0.2, -0.15) is 0 Å². The van der Waals surface area contributed by atoms with Crippen LogP contribution >= 0.6 is 0 Å². The second kappa shape index (κ2) is 8.23. The molecule has 0 saturated heterocycles. The quantitative estimate of drug-likeness (QED) is 0.254. The van der Waals surface area contributed by atoms with Crippen LogP contribution < -0.4 is 34.7 Å². The minimum atomic E-state index is -1.32. The maximum absolute atomic E-state index is 9.94. The van der Waals surface area contributed by atoms with E-state index in [1.165, 1.54) is 0 Å². The third-order valence-electron chi connectivity index (χ3n) is 0.801. The van der Waals surface area contributed by atoms with E-state index in [4.69, 9.17) is 5.11 Å². The topological polar surface area (TPSA) is 69.6 Å². The fraction of sp³-hybridized carbons (Fsp3) is 0.500. The number of aliphatic hydroxyl groups is 1. The molecule has 0 aromatic heterocycles. The molecule has 0 atom stereocenters. The van der Waals surface area contributed by atoms with Crippen LogP contribution in [0.3, 0.4) is 0 Å². The summed E-state index contributed by atoms with van der Waals surface area (Å²) in [5.74, 6) is -1.32. The van der Waals surface area contributed by atoms with Gasteiger partial charge in [0.05, 0.1) is 25.8 Å². The zero-order chi connectivity index (χ0) is 7.98. The summed E-state index contributed by atoms with van der Waals surface area (Å²) in [5, 5.41) is 18.1. The summed E-state index contributed by atoms with van der Waals surface area (Å²) in [5.41, 5.74) is -0.117. The van der Waals surface area contributed by atoms with Crippen LogP contribution in [0.25, 0.3) is 0 Å². The van der Waals surface area contributed by atoms with Crippen LogP contribution in [0.4, 0.5) is 0 Å². The second-order valence-electron chi connectivity index (χ2n) is 1.67. The molecule has 0 heterocycles. The van der Waals surface area contributed by atoms with Crippen LogP contribution in [-0.2, 0) is 9.53 Å².